The summed E-state index contributed by atoms with van der Waals surface area (Å²) in [5.74, 6) is 2.00. The van der Waals surface area contributed by atoms with E-state index in [1.165, 1.54) is 79.0 Å². The van der Waals surface area contributed by atoms with E-state index in [2.05, 4.69) is 150 Å². The van der Waals surface area contributed by atoms with E-state index in [0.717, 1.165) is 16.7 Å². The molecule has 0 bridgehead atoms. The summed E-state index contributed by atoms with van der Waals surface area (Å²) in [5, 5.41) is 7.58. The maximum atomic E-state index is 5.11. The highest BCUT2D eigenvalue weighted by Gasteiger charge is 2.20. The van der Waals surface area contributed by atoms with E-state index in [0.29, 0.717) is 17.5 Å². The van der Waals surface area contributed by atoms with E-state index in [4.69, 9.17) is 15.0 Å². The van der Waals surface area contributed by atoms with Crippen molar-refractivity contribution in [3.8, 4) is 51.0 Å². The van der Waals surface area contributed by atoms with Crippen LogP contribution in [-0.4, -0.2) is 19.5 Å². The molecular formula is C51H30N4S2. The van der Waals surface area contributed by atoms with E-state index in [1.54, 1.807) is 0 Å². The summed E-state index contributed by atoms with van der Waals surface area (Å²) >= 11 is 3.68. The Bertz CT molecular complexity index is 3410. The van der Waals surface area contributed by atoms with Crippen LogP contribution < -0.4 is 0 Å². The molecule has 0 N–H and O–H groups in total. The first-order valence-electron chi connectivity index (χ1n) is 19.0. The zero-order valence-corrected chi connectivity index (χ0v) is 32.1. The molecule has 266 valence electrons. The standard InChI is InChI=1S/C51H30N4S2/c1-3-14-31(15-4-1)49-52-50(32-16-5-2-6-17-32)54-51(53-49)40-23-11-22-39-47-37(21-13-27-44(47)57-48(39)40)36-20-12-26-43-46(36)38-29-28-33(30-45(38)56-43)55-41-24-9-7-18-34(41)35-19-8-10-25-42(35)55/h1-30H. The van der Waals surface area contributed by atoms with Gasteiger partial charge >= 0.3 is 0 Å². The average molecular weight is 763 g/mol. The lowest BCUT2D eigenvalue weighted by Crippen LogP contribution is -2.00. The number of rotatable bonds is 5. The van der Waals surface area contributed by atoms with E-state index in [9.17, 15) is 0 Å². The summed E-state index contributed by atoms with van der Waals surface area (Å²) in [6, 6.07) is 64.8. The van der Waals surface area contributed by atoms with Gasteiger partial charge in [-0.15, -0.1) is 22.7 Å². The molecule has 6 heteroatoms. The van der Waals surface area contributed by atoms with Crippen LogP contribution in [0.5, 0.6) is 0 Å². The quantitative estimate of drug-likeness (QED) is 0.175. The van der Waals surface area contributed by atoms with Gasteiger partial charge in [0.05, 0.1) is 11.0 Å². The molecule has 0 saturated heterocycles. The molecule has 4 heterocycles. The summed E-state index contributed by atoms with van der Waals surface area (Å²) in [4.78, 5) is 15.2. The Morgan fingerprint density at radius 1 is 0.351 bits per heavy atom. The van der Waals surface area contributed by atoms with Crippen LogP contribution in [0, 0.1) is 0 Å². The molecular weight excluding hydrogens is 733 g/mol. The smallest absolute Gasteiger partial charge is 0.165 e. The van der Waals surface area contributed by atoms with Crippen molar-refractivity contribution in [2.45, 2.75) is 0 Å². The van der Waals surface area contributed by atoms with Gasteiger partial charge in [0.15, 0.2) is 17.5 Å². The summed E-state index contributed by atoms with van der Waals surface area (Å²) in [5.41, 5.74) is 9.03. The monoisotopic (exact) mass is 762 g/mol. The van der Waals surface area contributed by atoms with Crippen LogP contribution in [0.3, 0.4) is 0 Å². The summed E-state index contributed by atoms with van der Waals surface area (Å²) in [6.45, 7) is 0. The van der Waals surface area contributed by atoms with Crippen molar-refractivity contribution >= 4 is 84.8 Å². The molecule has 4 nitrogen and oxygen atoms in total. The van der Waals surface area contributed by atoms with Gasteiger partial charge in [-0.2, -0.15) is 0 Å². The zero-order valence-electron chi connectivity index (χ0n) is 30.4. The average Bonchev–Trinajstić information content (AvgIpc) is 3.96. The number of hydrogen-bond acceptors (Lipinski definition) is 5. The number of benzene rings is 8. The molecule has 0 spiro atoms. The normalized spacial score (nSPS) is 11.9. The van der Waals surface area contributed by atoms with Gasteiger partial charge in [0.2, 0.25) is 0 Å². The third-order valence-corrected chi connectivity index (χ3v) is 13.4. The Labute approximate surface area is 335 Å². The molecule has 57 heavy (non-hydrogen) atoms. The van der Waals surface area contributed by atoms with Crippen molar-refractivity contribution < 1.29 is 0 Å². The molecule has 0 amide bonds. The fourth-order valence-electron chi connectivity index (χ4n) is 8.56. The van der Waals surface area contributed by atoms with Crippen molar-refractivity contribution in [3.63, 3.8) is 0 Å². The van der Waals surface area contributed by atoms with E-state index >= 15 is 0 Å². The van der Waals surface area contributed by atoms with Gasteiger partial charge in [-0.3, -0.25) is 0 Å². The molecule has 0 unspecified atom stereocenters. The van der Waals surface area contributed by atoms with Crippen LogP contribution in [0.4, 0.5) is 0 Å². The third-order valence-electron chi connectivity index (χ3n) is 11.1. The molecule has 4 aromatic heterocycles. The van der Waals surface area contributed by atoms with Crippen LogP contribution >= 0.6 is 22.7 Å². The van der Waals surface area contributed by atoms with Crippen LogP contribution in [0.1, 0.15) is 0 Å². The number of para-hydroxylation sites is 2. The highest BCUT2D eigenvalue weighted by atomic mass is 32.1. The second kappa shape index (κ2) is 12.8. The minimum Gasteiger partial charge on any atom is -0.309 e. The predicted molar refractivity (Wildman–Crippen MR) is 242 cm³/mol. The van der Waals surface area contributed by atoms with Gasteiger partial charge in [-0.05, 0) is 53.6 Å². The van der Waals surface area contributed by atoms with E-state index < -0.39 is 0 Å². The lowest BCUT2D eigenvalue weighted by atomic mass is 9.95. The Morgan fingerprint density at radius 3 is 1.51 bits per heavy atom. The second-order valence-corrected chi connectivity index (χ2v) is 16.5. The van der Waals surface area contributed by atoms with Gasteiger partial charge in [-0.25, -0.2) is 15.0 Å². The summed E-state index contributed by atoms with van der Waals surface area (Å²) in [7, 11) is 0. The molecule has 0 atom stereocenters. The Balaban J connectivity index is 1.04. The zero-order chi connectivity index (χ0) is 37.5. The fourth-order valence-corrected chi connectivity index (χ4v) is 11.0. The highest BCUT2D eigenvalue weighted by Crippen LogP contribution is 2.47. The number of aromatic nitrogens is 4. The van der Waals surface area contributed by atoms with E-state index in [1.807, 2.05) is 59.1 Å². The minimum atomic E-state index is 0.663. The largest absolute Gasteiger partial charge is 0.309 e. The molecule has 0 aliphatic heterocycles. The lowest BCUT2D eigenvalue weighted by Gasteiger charge is -2.10. The van der Waals surface area contributed by atoms with Gasteiger partial charge in [0.25, 0.3) is 0 Å². The topological polar surface area (TPSA) is 43.6 Å². The number of thiophene rings is 2. The Hall–Kier alpha value is -6.99. The predicted octanol–water partition coefficient (Wildman–Crippen LogP) is 14.4. The molecule has 0 saturated carbocycles. The first-order valence-corrected chi connectivity index (χ1v) is 20.7. The molecule has 0 aliphatic carbocycles. The highest BCUT2D eigenvalue weighted by molar-refractivity contribution is 7.26. The number of fused-ring (bicyclic) bond motifs is 9. The maximum Gasteiger partial charge on any atom is 0.165 e. The fraction of sp³-hybridized carbons (Fsp3) is 0. The van der Waals surface area contributed by atoms with Crippen molar-refractivity contribution in [3.05, 3.63) is 182 Å². The molecule has 12 aromatic rings. The van der Waals surface area contributed by atoms with Crippen molar-refractivity contribution in [2.75, 3.05) is 0 Å². The van der Waals surface area contributed by atoms with Crippen LogP contribution in [0.25, 0.3) is 113 Å². The van der Waals surface area contributed by atoms with Gasteiger partial charge in [0.1, 0.15) is 0 Å². The first kappa shape index (κ1) is 32.3. The van der Waals surface area contributed by atoms with Crippen molar-refractivity contribution in [1.29, 1.82) is 0 Å². The van der Waals surface area contributed by atoms with E-state index in [-0.39, 0.29) is 0 Å². The molecule has 0 fully saturated rings. The van der Waals surface area contributed by atoms with Gasteiger partial charge in [-0.1, -0.05) is 140 Å². The molecule has 12 rings (SSSR count). The summed E-state index contributed by atoms with van der Waals surface area (Å²) in [6.07, 6.45) is 0. The van der Waals surface area contributed by atoms with Gasteiger partial charge < -0.3 is 4.57 Å². The minimum absolute atomic E-state index is 0.663. The van der Waals surface area contributed by atoms with Gasteiger partial charge in [0, 0.05) is 73.5 Å². The maximum absolute atomic E-state index is 5.11. The Kier molecular flexibility index (Phi) is 7.24. The second-order valence-electron chi connectivity index (χ2n) is 14.3. The molecule has 0 radical (unpaired) electrons. The lowest BCUT2D eigenvalue weighted by molar-refractivity contribution is 1.08. The Morgan fingerprint density at radius 2 is 0.860 bits per heavy atom. The molecule has 8 aromatic carbocycles. The van der Waals surface area contributed by atoms with Crippen molar-refractivity contribution in [1.82, 2.24) is 19.5 Å². The number of nitrogens with zero attached hydrogens (tertiary/aromatic N) is 4. The van der Waals surface area contributed by atoms with Crippen LogP contribution in [0.2, 0.25) is 0 Å². The molecule has 0 aliphatic rings. The SMILES string of the molecule is c1ccc(-c2nc(-c3ccccc3)nc(-c3cccc4c3sc3cccc(-c5cccc6sc7cc(-n8c9ccccc9c9ccccc98)ccc7c56)c34)n2)cc1. The summed E-state index contributed by atoms with van der Waals surface area (Å²) < 4.78 is 7.37. The van der Waals surface area contributed by atoms with Crippen molar-refractivity contribution in [2.24, 2.45) is 0 Å². The third kappa shape index (κ3) is 5.08. The number of hydrogen-bond donors (Lipinski definition) is 0. The van der Waals surface area contributed by atoms with Crippen LogP contribution in [-0.2, 0) is 0 Å². The van der Waals surface area contributed by atoms with Crippen LogP contribution in [0.15, 0.2) is 182 Å². The first-order chi connectivity index (χ1) is 28.3.